The lowest BCUT2D eigenvalue weighted by molar-refractivity contribution is -0.276. The van der Waals surface area contributed by atoms with E-state index in [-0.39, 0.29) is 17.5 Å². The number of pyridine rings is 1. The Morgan fingerprint density at radius 1 is 1.47 bits per heavy atom. The van der Waals surface area contributed by atoms with Crippen LogP contribution in [0.1, 0.15) is 16.1 Å². The van der Waals surface area contributed by atoms with E-state index in [0.29, 0.717) is 0 Å². The van der Waals surface area contributed by atoms with E-state index >= 15 is 0 Å². The first-order valence-electron chi connectivity index (χ1n) is 4.26. The van der Waals surface area contributed by atoms with E-state index in [0.717, 1.165) is 13.2 Å². The van der Waals surface area contributed by atoms with Crippen molar-refractivity contribution in [2.75, 3.05) is 7.11 Å². The second kappa shape index (κ2) is 4.98. The third-order valence-electron chi connectivity index (χ3n) is 1.72. The molecular formula is C9H7F4NO3. The summed E-state index contributed by atoms with van der Waals surface area (Å²) in [5, 5.41) is 0. The molecule has 0 saturated carbocycles. The van der Waals surface area contributed by atoms with Gasteiger partial charge >= 0.3 is 6.36 Å². The Morgan fingerprint density at radius 2 is 2.12 bits per heavy atom. The standard InChI is InChI=1S/C9H7F4NO3/c1-16-7-5(3-10)2-6(4-15)14-8(7)17-9(11,12)13/h2,4H,3H2,1H3. The molecule has 0 amide bonds. The van der Waals surface area contributed by atoms with Gasteiger partial charge in [-0.3, -0.25) is 4.79 Å². The molecule has 0 bridgehead atoms. The summed E-state index contributed by atoms with van der Waals surface area (Å²) in [4.78, 5) is 13.7. The summed E-state index contributed by atoms with van der Waals surface area (Å²) in [5.74, 6) is -1.48. The molecule has 0 radical (unpaired) electrons. The highest BCUT2D eigenvalue weighted by Crippen LogP contribution is 2.34. The average Bonchev–Trinajstić information content (AvgIpc) is 2.25. The fraction of sp³-hybridized carbons (Fsp3) is 0.333. The highest BCUT2D eigenvalue weighted by molar-refractivity contribution is 5.73. The summed E-state index contributed by atoms with van der Waals surface area (Å²) in [5.41, 5.74) is -0.624. The Labute approximate surface area is 93.2 Å². The second-order valence-corrected chi connectivity index (χ2v) is 2.84. The van der Waals surface area contributed by atoms with Crippen LogP contribution in [0.5, 0.6) is 11.6 Å². The van der Waals surface area contributed by atoms with Crippen LogP contribution in [-0.4, -0.2) is 24.7 Å². The lowest BCUT2D eigenvalue weighted by Crippen LogP contribution is -2.19. The molecule has 0 aliphatic carbocycles. The van der Waals surface area contributed by atoms with Crippen molar-refractivity contribution in [2.24, 2.45) is 0 Å². The van der Waals surface area contributed by atoms with Crippen molar-refractivity contribution in [1.82, 2.24) is 4.98 Å². The fourth-order valence-corrected chi connectivity index (χ4v) is 1.14. The molecule has 0 spiro atoms. The largest absolute Gasteiger partial charge is 0.574 e. The molecule has 1 rings (SSSR count). The number of carbonyl (C=O) groups excluding carboxylic acids is 1. The van der Waals surface area contributed by atoms with E-state index in [1.165, 1.54) is 0 Å². The predicted molar refractivity (Wildman–Crippen MR) is 47.7 cm³/mol. The van der Waals surface area contributed by atoms with Crippen molar-refractivity contribution in [1.29, 1.82) is 0 Å². The first-order valence-corrected chi connectivity index (χ1v) is 4.26. The minimum Gasteiger partial charge on any atom is -0.491 e. The Balaban J connectivity index is 3.29. The summed E-state index contributed by atoms with van der Waals surface area (Å²) in [7, 11) is 1.04. The number of alkyl halides is 4. The molecule has 1 heterocycles. The summed E-state index contributed by atoms with van der Waals surface area (Å²) in [6, 6.07) is 0.981. The zero-order valence-corrected chi connectivity index (χ0v) is 8.55. The minimum atomic E-state index is -5.00. The van der Waals surface area contributed by atoms with Crippen molar-refractivity contribution < 1.29 is 31.8 Å². The molecule has 94 valence electrons. The van der Waals surface area contributed by atoms with Crippen LogP contribution in [0.2, 0.25) is 0 Å². The van der Waals surface area contributed by atoms with E-state index in [2.05, 4.69) is 14.5 Å². The van der Waals surface area contributed by atoms with Gasteiger partial charge in [0.05, 0.1) is 7.11 Å². The third kappa shape index (κ3) is 3.30. The number of carbonyl (C=O) groups is 1. The lowest BCUT2D eigenvalue weighted by atomic mass is 10.2. The van der Waals surface area contributed by atoms with Crippen LogP contribution in [0.4, 0.5) is 17.6 Å². The minimum absolute atomic E-state index is 0.182. The number of nitrogens with zero attached hydrogens (tertiary/aromatic N) is 1. The molecule has 8 heteroatoms. The Morgan fingerprint density at radius 3 is 2.53 bits per heavy atom. The zero-order chi connectivity index (χ0) is 13.1. The molecule has 17 heavy (non-hydrogen) atoms. The number of hydrogen-bond acceptors (Lipinski definition) is 4. The summed E-state index contributed by atoms with van der Waals surface area (Å²) < 4.78 is 56.7. The maximum atomic E-state index is 12.5. The van der Waals surface area contributed by atoms with Gasteiger partial charge < -0.3 is 9.47 Å². The van der Waals surface area contributed by atoms with E-state index in [9.17, 15) is 22.4 Å². The number of aromatic nitrogens is 1. The number of ether oxygens (including phenoxy) is 2. The van der Waals surface area contributed by atoms with Gasteiger partial charge in [-0.05, 0) is 6.07 Å². The number of aldehydes is 1. The maximum Gasteiger partial charge on any atom is 0.574 e. The van der Waals surface area contributed by atoms with E-state index in [1.54, 1.807) is 0 Å². The van der Waals surface area contributed by atoms with Gasteiger partial charge in [0.1, 0.15) is 12.4 Å². The van der Waals surface area contributed by atoms with Crippen molar-refractivity contribution in [3.05, 3.63) is 17.3 Å². The van der Waals surface area contributed by atoms with Gasteiger partial charge in [0.25, 0.3) is 5.88 Å². The SMILES string of the molecule is COc1c(CF)cc(C=O)nc1OC(F)(F)F. The van der Waals surface area contributed by atoms with Gasteiger partial charge in [-0.15, -0.1) is 13.2 Å². The smallest absolute Gasteiger partial charge is 0.491 e. The van der Waals surface area contributed by atoms with Crippen LogP contribution in [0, 0.1) is 0 Å². The van der Waals surface area contributed by atoms with Gasteiger partial charge in [0.2, 0.25) is 0 Å². The number of methoxy groups -OCH3 is 1. The fourth-order valence-electron chi connectivity index (χ4n) is 1.14. The van der Waals surface area contributed by atoms with E-state index in [1.807, 2.05) is 0 Å². The quantitative estimate of drug-likeness (QED) is 0.610. The van der Waals surface area contributed by atoms with Gasteiger partial charge in [-0.2, -0.15) is 0 Å². The monoisotopic (exact) mass is 253 g/mol. The summed E-state index contributed by atoms with van der Waals surface area (Å²) >= 11 is 0. The van der Waals surface area contributed by atoms with E-state index in [4.69, 9.17) is 0 Å². The molecule has 0 unspecified atom stereocenters. The molecule has 0 saturated heterocycles. The van der Waals surface area contributed by atoms with Crippen molar-refractivity contribution in [3.63, 3.8) is 0 Å². The predicted octanol–water partition coefficient (Wildman–Crippen LogP) is 2.27. The normalized spacial score (nSPS) is 11.1. The van der Waals surface area contributed by atoms with Crippen LogP contribution in [0.25, 0.3) is 0 Å². The lowest BCUT2D eigenvalue weighted by Gasteiger charge is -2.13. The highest BCUT2D eigenvalue weighted by Gasteiger charge is 2.34. The number of rotatable bonds is 4. The molecule has 4 nitrogen and oxygen atoms in total. The van der Waals surface area contributed by atoms with Crippen molar-refractivity contribution >= 4 is 6.29 Å². The van der Waals surface area contributed by atoms with Gasteiger partial charge in [-0.1, -0.05) is 0 Å². The Bertz CT molecular complexity index is 419. The van der Waals surface area contributed by atoms with Gasteiger partial charge in [0.15, 0.2) is 12.0 Å². The molecule has 0 fully saturated rings. The summed E-state index contributed by atoms with van der Waals surface area (Å²) in [6.45, 7) is -1.11. The third-order valence-corrected chi connectivity index (χ3v) is 1.72. The molecule has 1 aromatic heterocycles. The average molecular weight is 253 g/mol. The molecular weight excluding hydrogens is 246 g/mol. The van der Waals surface area contributed by atoms with Crippen LogP contribution >= 0.6 is 0 Å². The van der Waals surface area contributed by atoms with Crippen molar-refractivity contribution in [2.45, 2.75) is 13.0 Å². The summed E-state index contributed by atoms with van der Waals surface area (Å²) in [6.07, 6.45) is -4.82. The van der Waals surface area contributed by atoms with Crippen LogP contribution < -0.4 is 9.47 Å². The number of hydrogen-bond donors (Lipinski definition) is 0. The molecule has 1 aromatic rings. The van der Waals surface area contributed by atoms with Crippen LogP contribution in [0.15, 0.2) is 6.07 Å². The highest BCUT2D eigenvalue weighted by atomic mass is 19.4. The second-order valence-electron chi connectivity index (χ2n) is 2.84. The first kappa shape index (κ1) is 13.2. The molecule has 0 aromatic carbocycles. The molecule has 0 N–H and O–H groups in total. The number of halogens is 4. The molecule has 0 atom stereocenters. The molecule has 0 aliphatic heterocycles. The van der Waals surface area contributed by atoms with Crippen molar-refractivity contribution in [3.8, 4) is 11.6 Å². The van der Waals surface area contributed by atoms with Crippen LogP contribution in [-0.2, 0) is 6.67 Å². The Kier molecular flexibility index (Phi) is 3.87. The van der Waals surface area contributed by atoms with E-state index < -0.39 is 24.7 Å². The first-order chi connectivity index (χ1) is 7.91. The Hall–Kier alpha value is -1.86. The maximum absolute atomic E-state index is 12.5. The van der Waals surface area contributed by atoms with Gasteiger partial charge in [-0.25, -0.2) is 9.37 Å². The zero-order valence-electron chi connectivity index (χ0n) is 8.55. The van der Waals surface area contributed by atoms with Gasteiger partial charge in [0, 0.05) is 5.56 Å². The topological polar surface area (TPSA) is 48.4 Å². The van der Waals surface area contributed by atoms with Crippen LogP contribution in [0.3, 0.4) is 0 Å². The molecule has 0 aliphatic rings.